The first-order valence-electron chi connectivity index (χ1n) is 9.65. The van der Waals surface area contributed by atoms with E-state index in [1.165, 1.54) is 4.80 Å². The van der Waals surface area contributed by atoms with Crippen molar-refractivity contribution in [2.75, 3.05) is 33.2 Å². The first-order chi connectivity index (χ1) is 13.6. The van der Waals surface area contributed by atoms with Gasteiger partial charge in [0, 0.05) is 43.7 Å². The van der Waals surface area contributed by atoms with Crippen LogP contribution < -0.4 is 5.32 Å². The topological polar surface area (TPSA) is 96.2 Å². The molecule has 2 aliphatic heterocycles. The van der Waals surface area contributed by atoms with Gasteiger partial charge in [0.1, 0.15) is 6.54 Å². The van der Waals surface area contributed by atoms with Crippen molar-refractivity contribution in [1.29, 1.82) is 0 Å². The van der Waals surface area contributed by atoms with Gasteiger partial charge in [0.25, 0.3) is 0 Å². The summed E-state index contributed by atoms with van der Waals surface area (Å²) in [5, 5.41) is 15.4. The molecule has 2 amide bonds. The molecule has 1 aromatic heterocycles. The molecule has 0 radical (unpaired) electrons. The van der Waals surface area contributed by atoms with Gasteiger partial charge in [-0.15, -0.1) is 10.2 Å². The van der Waals surface area contributed by atoms with E-state index in [0.29, 0.717) is 31.9 Å². The average molecular weight is 383 g/mol. The van der Waals surface area contributed by atoms with Gasteiger partial charge in [-0.25, -0.2) is 0 Å². The minimum atomic E-state index is -0.155. The molecular formula is C19H25N7O2. The molecule has 0 bridgehead atoms. The number of tetrazole rings is 1. The van der Waals surface area contributed by atoms with Crippen LogP contribution in [0.25, 0.3) is 11.4 Å². The lowest BCUT2D eigenvalue weighted by molar-refractivity contribution is -0.138. The monoisotopic (exact) mass is 383 g/mol. The lowest BCUT2D eigenvalue weighted by Crippen LogP contribution is -2.62. The summed E-state index contributed by atoms with van der Waals surface area (Å²) in [6, 6.07) is 9.58. The quantitative estimate of drug-likeness (QED) is 0.811. The van der Waals surface area contributed by atoms with E-state index in [4.69, 9.17) is 0 Å². The lowest BCUT2D eigenvalue weighted by Gasteiger charge is -2.49. The molecule has 2 fully saturated rings. The number of likely N-dealkylation sites (N-methyl/N-ethyl adjacent to an activating group) is 1. The average Bonchev–Trinajstić information content (AvgIpc) is 3.09. The van der Waals surface area contributed by atoms with Gasteiger partial charge in [-0.05, 0) is 25.1 Å². The molecule has 3 heterocycles. The summed E-state index contributed by atoms with van der Waals surface area (Å²) < 4.78 is 0. The zero-order valence-electron chi connectivity index (χ0n) is 16.0. The third kappa shape index (κ3) is 3.75. The predicted molar refractivity (Wildman–Crippen MR) is 102 cm³/mol. The Morgan fingerprint density at radius 2 is 2.04 bits per heavy atom. The number of benzene rings is 1. The van der Waals surface area contributed by atoms with Gasteiger partial charge >= 0.3 is 0 Å². The fourth-order valence-corrected chi connectivity index (χ4v) is 4.04. The number of piperazine rings is 1. The predicted octanol–water partition coefficient (Wildman–Crippen LogP) is 0.153. The summed E-state index contributed by atoms with van der Waals surface area (Å²) in [6.07, 6.45) is 2.11. The molecule has 9 nitrogen and oxygen atoms in total. The summed E-state index contributed by atoms with van der Waals surface area (Å²) in [7, 11) is 2.09. The van der Waals surface area contributed by atoms with Crippen LogP contribution >= 0.6 is 0 Å². The number of rotatable bonds is 3. The maximum Gasteiger partial charge on any atom is 0.246 e. The van der Waals surface area contributed by atoms with Crippen LogP contribution in [-0.4, -0.2) is 80.6 Å². The standard InChI is InChI=1S/C19H25N7O2/c1-24-11-12-25(14-19(24)8-7-16(27)20-10-9-19)17(28)13-26-22-18(21-23-26)15-5-3-2-4-6-15/h2-6H,7-14H2,1H3,(H,20,27)/t19-/m0/s1. The maximum absolute atomic E-state index is 12.9. The number of hydrogen-bond donors (Lipinski definition) is 1. The Morgan fingerprint density at radius 1 is 1.21 bits per heavy atom. The van der Waals surface area contributed by atoms with Gasteiger partial charge in [0.15, 0.2) is 0 Å². The van der Waals surface area contributed by atoms with Crippen molar-refractivity contribution in [3.8, 4) is 11.4 Å². The third-order valence-corrected chi connectivity index (χ3v) is 5.84. The highest BCUT2D eigenvalue weighted by Gasteiger charge is 2.42. The van der Waals surface area contributed by atoms with E-state index in [2.05, 4.69) is 32.7 Å². The third-order valence-electron chi connectivity index (χ3n) is 5.84. The molecule has 4 rings (SSSR count). The van der Waals surface area contributed by atoms with E-state index in [-0.39, 0.29) is 23.9 Å². The summed E-state index contributed by atoms with van der Waals surface area (Å²) in [6.45, 7) is 2.79. The fraction of sp³-hybridized carbons (Fsp3) is 0.526. The molecule has 2 aromatic rings. The van der Waals surface area contributed by atoms with Crippen LogP contribution in [0, 0.1) is 0 Å². The summed E-state index contributed by atoms with van der Waals surface area (Å²) in [4.78, 5) is 30.2. The van der Waals surface area contributed by atoms with E-state index < -0.39 is 0 Å². The van der Waals surface area contributed by atoms with Gasteiger partial charge in [-0.3, -0.25) is 14.5 Å². The second kappa shape index (κ2) is 7.67. The lowest BCUT2D eigenvalue weighted by atomic mass is 9.86. The van der Waals surface area contributed by atoms with Crippen LogP contribution in [0.4, 0.5) is 0 Å². The van der Waals surface area contributed by atoms with E-state index in [0.717, 1.165) is 24.9 Å². The number of aromatic nitrogens is 4. The zero-order chi connectivity index (χ0) is 19.6. The number of nitrogens with zero attached hydrogens (tertiary/aromatic N) is 6. The first-order valence-corrected chi connectivity index (χ1v) is 9.65. The molecule has 148 valence electrons. The highest BCUT2D eigenvalue weighted by atomic mass is 16.2. The van der Waals surface area contributed by atoms with Crippen molar-refractivity contribution in [2.24, 2.45) is 0 Å². The molecule has 9 heteroatoms. The Kier molecular flexibility index (Phi) is 5.08. The van der Waals surface area contributed by atoms with Crippen LogP contribution in [0.1, 0.15) is 19.3 Å². The normalized spacial score (nSPS) is 23.5. The summed E-state index contributed by atoms with van der Waals surface area (Å²) in [5.74, 6) is 0.582. The minimum absolute atomic E-state index is 0.0204. The van der Waals surface area contributed by atoms with Crippen molar-refractivity contribution >= 4 is 11.8 Å². The molecule has 0 saturated carbocycles. The Bertz CT molecular complexity index is 853. The van der Waals surface area contributed by atoms with Crippen molar-refractivity contribution in [2.45, 2.75) is 31.3 Å². The highest BCUT2D eigenvalue weighted by Crippen LogP contribution is 2.30. The fourth-order valence-electron chi connectivity index (χ4n) is 4.04. The molecule has 1 spiro atoms. The van der Waals surface area contributed by atoms with Crippen molar-refractivity contribution in [3.63, 3.8) is 0 Å². The van der Waals surface area contributed by atoms with Gasteiger partial charge in [0.2, 0.25) is 17.6 Å². The van der Waals surface area contributed by atoms with E-state index >= 15 is 0 Å². The van der Waals surface area contributed by atoms with E-state index in [1.807, 2.05) is 35.2 Å². The Morgan fingerprint density at radius 3 is 2.86 bits per heavy atom. The second-order valence-electron chi connectivity index (χ2n) is 7.57. The zero-order valence-corrected chi connectivity index (χ0v) is 16.0. The van der Waals surface area contributed by atoms with Crippen molar-refractivity contribution < 1.29 is 9.59 Å². The van der Waals surface area contributed by atoms with Crippen LogP contribution in [0.5, 0.6) is 0 Å². The van der Waals surface area contributed by atoms with Crippen molar-refractivity contribution in [1.82, 2.24) is 35.3 Å². The number of nitrogens with one attached hydrogen (secondary N) is 1. The van der Waals surface area contributed by atoms with Crippen LogP contribution in [0.2, 0.25) is 0 Å². The van der Waals surface area contributed by atoms with Gasteiger partial charge in [0.05, 0.1) is 0 Å². The molecule has 0 unspecified atom stereocenters. The summed E-state index contributed by atoms with van der Waals surface area (Å²) in [5.41, 5.74) is 0.716. The smallest absolute Gasteiger partial charge is 0.246 e. The molecule has 1 aromatic carbocycles. The minimum Gasteiger partial charge on any atom is -0.356 e. The van der Waals surface area contributed by atoms with Gasteiger partial charge in [-0.1, -0.05) is 30.3 Å². The Labute approximate surface area is 163 Å². The number of amides is 2. The first kappa shape index (κ1) is 18.5. The largest absolute Gasteiger partial charge is 0.356 e. The molecular weight excluding hydrogens is 358 g/mol. The van der Waals surface area contributed by atoms with Crippen LogP contribution in [-0.2, 0) is 16.1 Å². The SMILES string of the molecule is CN1CCN(C(=O)Cn2nnc(-c3ccccc3)n2)C[C@]12CCNC(=O)CC2. The van der Waals surface area contributed by atoms with E-state index in [9.17, 15) is 9.59 Å². The summed E-state index contributed by atoms with van der Waals surface area (Å²) >= 11 is 0. The highest BCUT2D eigenvalue weighted by molar-refractivity contribution is 5.77. The van der Waals surface area contributed by atoms with Gasteiger partial charge in [-0.2, -0.15) is 4.80 Å². The molecule has 28 heavy (non-hydrogen) atoms. The molecule has 2 saturated heterocycles. The van der Waals surface area contributed by atoms with Crippen LogP contribution in [0.15, 0.2) is 30.3 Å². The molecule has 1 N–H and O–H groups in total. The number of carbonyl (C=O) groups is 2. The Hall–Kier alpha value is -2.81. The molecule has 1 atom stereocenters. The maximum atomic E-state index is 12.9. The van der Waals surface area contributed by atoms with Gasteiger partial charge < -0.3 is 10.2 Å². The van der Waals surface area contributed by atoms with Crippen LogP contribution in [0.3, 0.4) is 0 Å². The molecule has 0 aliphatic carbocycles. The molecule has 2 aliphatic rings. The second-order valence-corrected chi connectivity index (χ2v) is 7.57. The Balaban J connectivity index is 1.43. The number of hydrogen-bond acceptors (Lipinski definition) is 6. The van der Waals surface area contributed by atoms with E-state index in [1.54, 1.807) is 0 Å². The van der Waals surface area contributed by atoms with Crippen molar-refractivity contribution in [3.05, 3.63) is 30.3 Å². The number of carbonyl (C=O) groups excluding carboxylic acids is 2.